The number of carbonyl (C=O) groups excluding carboxylic acids is 1. The van der Waals surface area contributed by atoms with E-state index in [0.29, 0.717) is 11.1 Å². The number of ketones is 1. The van der Waals surface area contributed by atoms with Crippen molar-refractivity contribution in [1.82, 2.24) is 4.57 Å². The fourth-order valence-electron chi connectivity index (χ4n) is 3.94. The van der Waals surface area contributed by atoms with Gasteiger partial charge in [-0.1, -0.05) is 30.3 Å². The number of aryl methyl sites for hydroxylation is 3. The van der Waals surface area contributed by atoms with Crippen LogP contribution >= 0.6 is 0 Å². The van der Waals surface area contributed by atoms with Gasteiger partial charge in [0.05, 0.1) is 12.1 Å². The van der Waals surface area contributed by atoms with Gasteiger partial charge in [0.1, 0.15) is 17.2 Å². The number of carbonyl (C=O) groups is 1. The zero-order chi connectivity index (χ0) is 23.2. The van der Waals surface area contributed by atoms with E-state index < -0.39 is 17.2 Å². The van der Waals surface area contributed by atoms with Crippen LogP contribution in [-0.2, 0) is 6.54 Å². The molecular weight excluding hydrogens is 404 g/mol. The van der Waals surface area contributed by atoms with E-state index in [1.165, 1.54) is 6.92 Å². The van der Waals surface area contributed by atoms with Crippen LogP contribution in [0.15, 0.2) is 51.7 Å². The van der Waals surface area contributed by atoms with E-state index in [1.54, 1.807) is 19.1 Å². The second-order valence-corrected chi connectivity index (χ2v) is 8.01. The Kier molecular flexibility index (Phi) is 5.19. The molecule has 0 spiro atoms. The summed E-state index contributed by atoms with van der Waals surface area (Å²) >= 11 is 0. The highest BCUT2D eigenvalue weighted by Crippen LogP contribution is 2.32. The Morgan fingerprint density at radius 1 is 1.06 bits per heavy atom. The third-order valence-corrected chi connectivity index (χ3v) is 5.97. The minimum Gasteiger partial charge on any atom is -0.494 e. The molecule has 4 rings (SSSR count). The smallest absolute Gasteiger partial charge is 0.271 e. The van der Waals surface area contributed by atoms with Gasteiger partial charge in [0.25, 0.3) is 5.56 Å². The number of aromatic nitrogens is 1. The Labute approximate surface area is 185 Å². The van der Waals surface area contributed by atoms with Crippen molar-refractivity contribution in [3.8, 4) is 11.9 Å². The minimum atomic E-state index is -0.643. The zero-order valence-electron chi connectivity index (χ0n) is 18.3. The first-order valence-corrected chi connectivity index (χ1v) is 10.2. The van der Waals surface area contributed by atoms with Gasteiger partial charge in [-0.05, 0) is 62.1 Å². The summed E-state index contributed by atoms with van der Waals surface area (Å²) in [7, 11) is 0. The molecule has 0 bridgehead atoms. The van der Waals surface area contributed by atoms with Gasteiger partial charge in [-0.2, -0.15) is 5.26 Å². The Morgan fingerprint density at radius 3 is 2.38 bits per heavy atom. The maximum atomic E-state index is 13.6. The number of benzene rings is 2. The number of fused-ring (bicyclic) bond motifs is 1. The Hall–Kier alpha value is -4.11. The molecule has 1 N–H and O–H groups in total. The van der Waals surface area contributed by atoms with Crippen molar-refractivity contribution < 1.29 is 14.3 Å². The fourth-order valence-corrected chi connectivity index (χ4v) is 3.94. The highest BCUT2D eigenvalue weighted by molar-refractivity contribution is 6.12. The molecule has 0 atom stereocenters. The van der Waals surface area contributed by atoms with E-state index in [2.05, 4.69) is 0 Å². The number of aromatic hydroxyl groups is 1. The summed E-state index contributed by atoms with van der Waals surface area (Å²) in [5, 5.41) is 21.4. The molecule has 2 aromatic heterocycles. The van der Waals surface area contributed by atoms with E-state index in [-0.39, 0.29) is 29.0 Å². The Bertz CT molecular complexity index is 1490. The highest BCUT2D eigenvalue weighted by Gasteiger charge is 2.28. The number of pyridine rings is 1. The van der Waals surface area contributed by atoms with Crippen LogP contribution in [0.25, 0.3) is 11.0 Å². The molecule has 0 radical (unpaired) electrons. The van der Waals surface area contributed by atoms with Gasteiger partial charge in [0, 0.05) is 10.9 Å². The topological polar surface area (TPSA) is 96.2 Å². The van der Waals surface area contributed by atoms with Crippen molar-refractivity contribution in [2.45, 2.75) is 34.2 Å². The first kappa shape index (κ1) is 21.1. The number of nitriles is 1. The van der Waals surface area contributed by atoms with E-state index in [9.17, 15) is 20.0 Å². The second kappa shape index (κ2) is 7.86. The molecule has 0 fully saturated rings. The molecule has 160 valence electrons. The number of furan rings is 1. The summed E-state index contributed by atoms with van der Waals surface area (Å²) in [6.07, 6.45) is 0. The summed E-state index contributed by atoms with van der Waals surface area (Å²) in [5.41, 5.74) is 3.29. The van der Waals surface area contributed by atoms with Crippen molar-refractivity contribution in [2.75, 3.05) is 0 Å². The van der Waals surface area contributed by atoms with E-state index in [0.717, 1.165) is 26.6 Å². The zero-order valence-corrected chi connectivity index (χ0v) is 18.3. The molecule has 0 saturated carbocycles. The van der Waals surface area contributed by atoms with E-state index in [4.69, 9.17) is 4.42 Å². The Balaban J connectivity index is 1.94. The number of hydrogen-bond acceptors (Lipinski definition) is 5. The lowest BCUT2D eigenvalue weighted by molar-refractivity contribution is 0.101. The van der Waals surface area contributed by atoms with E-state index >= 15 is 0 Å². The van der Waals surface area contributed by atoms with Gasteiger partial charge < -0.3 is 9.52 Å². The van der Waals surface area contributed by atoms with Gasteiger partial charge in [-0.25, -0.2) is 0 Å². The standard InChI is InChI=1S/C26H22N2O4/c1-14-10-19-17(4)24(32-21(19)11-15(14)2)23(29)22-16(3)20(12-27)25(30)28(26(22)31)13-18-8-6-5-7-9-18/h5-11,31H,13H2,1-4H3. The van der Waals surface area contributed by atoms with Gasteiger partial charge in [0.15, 0.2) is 5.76 Å². The average Bonchev–Trinajstić information content (AvgIpc) is 3.08. The van der Waals surface area contributed by atoms with Gasteiger partial charge in [-0.15, -0.1) is 0 Å². The molecule has 0 unspecified atom stereocenters. The van der Waals surface area contributed by atoms with Crippen LogP contribution in [0, 0.1) is 39.0 Å². The monoisotopic (exact) mass is 426 g/mol. The molecule has 6 heteroatoms. The summed E-state index contributed by atoms with van der Waals surface area (Å²) in [4.78, 5) is 26.4. The van der Waals surface area contributed by atoms with Crippen molar-refractivity contribution in [2.24, 2.45) is 0 Å². The fraction of sp³-hybridized carbons (Fsp3) is 0.192. The normalized spacial score (nSPS) is 11.0. The van der Waals surface area contributed by atoms with Crippen molar-refractivity contribution in [1.29, 1.82) is 5.26 Å². The van der Waals surface area contributed by atoms with Crippen molar-refractivity contribution in [3.05, 3.63) is 97.5 Å². The second-order valence-electron chi connectivity index (χ2n) is 8.01. The van der Waals surface area contributed by atoms with Crippen molar-refractivity contribution in [3.63, 3.8) is 0 Å². The molecule has 32 heavy (non-hydrogen) atoms. The number of rotatable bonds is 4. The predicted octanol–water partition coefficient (Wildman–Crippen LogP) is 4.68. The molecule has 2 heterocycles. The summed E-state index contributed by atoms with van der Waals surface area (Å²) in [6, 6.07) is 14.8. The largest absolute Gasteiger partial charge is 0.494 e. The molecule has 4 aromatic rings. The maximum absolute atomic E-state index is 13.6. The lowest BCUT2D eigenvalue weighted by Crippen LogP contribution is -2.27. The summed E-state index contributed by atoms with van der Waals surface area (Å²) in [5.74, 6) is -0.966. The molecular formula is C26H22N2O4. The Morgan fingerprint density at radius 2 is 1.72 bits per heavy atom. The van der Waals surface area contributed by atoms with Crippen LogP contribution in [0.5, 0.6) is 5.88 Å². The summed E-state index contributed by atoms with van der Waals surface area (Å²) in [6.45, 7) is 7.25. The molecule has 6 nitrogen and oxygen atoms in total. The SMILES string of the molecule is Cc1cc2oc(C(=O)c3c(C)c(C#N)c(=O)n(Cc4ccccc4)c3O)c(C)c2cc1C. The van der Waals surface area contributed by atoms with Gasteiger partial charge in [0.2, 0.25) is 11.7 Å². The molecule has 0 aliphatic rings. The number of hydrogen-bond donors (Lipinski definition) is 1. The van der Waals surface area contributed by atoms with Crippen LogP contribution in [-0.4, -0.2) is 15.5 Å². The lowest BCUT2D eigenvalue weighted by Gasteiger charge is -2.15. The van der Waals surface area contributed by atoms with Crippen molar-refractivity contribution >= 4 is 16.8 Å². The van der Waals surface area contributed by atoms with Crippen LogP contribution < -0.4 is 5.56 Å². The molecule has 2 aromatic carbocycles. The van der Waals surface area contributed by atoms with Crippen LogP contribution in [0.2, 0.25) is 0 Å². The maximum Gasteiger partial charge on any atom is 0.271 e. The number of nitrogens with zero attached hydrogens (tertiary/aromatic N) is 2. The van der Waals surface area contributed by atoms with Crippen LogP contribution in [0.3, 0.4) is 0 Å². The average molecular weight is 426 g/mol. The first-order valence-electron chi connectivity index (χ1n) is 10.2. The predicted molar refractivity (Wildman–Crippen MR) is 121 cm³/mol. The van der Waals surface area contributed by atoms with Crippen LogP contribution in [0.4, 0.5) is 0 Å². The molecule has 0 aliphatic carbocycles. The molecule has 0 saturated heterocycles. The van der Waals surface area contributed by atoms with Gasteiger partial charge >= 0.3 is 0 Å². The third kappa shape index (κ3) is 3.28. The van der Waals surface area contributed by atoms with Crippen LogP contribution in [0.1, 0.15) is 49.5 Å². The molecule has 0 amide bonds. The summed E-state index contributed by atoms with van der Waals surface area (Å²) < 4.78 is 6.95. The van der Waals surface area contributed by atoms with E-state index in [1.807, 2.05) is 50.2 Å². The van der Waals surface area contributed by atoms with Gasteiger partial charge in [-0.3, -0.25) is 14.2 Å². The third-order valence-electron chi connectivity index (χ3n) is 5.97. The quantitative estimate of drug-likeness (QED) is 0.478. The molecule has 0 aliphatic heterocycles. The highest BCUT2D eigenvalue weighted by atomic mass is 16.3. The first-order chi connectivity index (χ1) is 15.2. The lowest BCUT2D eigenvalue weighted by atomic mass is 9.98. The minimum absolute atomic E-state index is 0.0260.